The van der Waals surface area contributed by atoms with Crippen LogP contribution in [0.4, 0.5) is 5.69 Å². The number of anilines is 1. The minimum atomic E-state index is -0.512. The molecule has 0 aliphatic heterocycles. The molecule has 2 rings (SSSR count). The van der Waals surface area contributed by atoms with Gasteiger partial charge in [0.25, 0.3) is 0 Å². The molecule has 0 spiro atoms. The second kappa shape index (κ2) is 6.03. The van der Waals surface area contributed by atoms with Crippen LogP contribution in [0.1, 0.15) is 17.2 Å². The van der Waals surface area contributed by atoms with E-state index in [0.717, 1.165) is 15.7 Å². The summed E-state index contributed by atoms with van der Waals surface area (Å²) < 4.78 is 0.981. The molecule has 94 valence electrons. The Morgan fingerprint density at radius 1 is 1.17 bits per heavy atom. The lowest BCUT2D eigenvalue weighted by atomic mass is 10.1. The van der Waals surface area contributed by atoms with Crippen molar-refractivity contribution in [1.82, 2.24) is 0 Å². The van der Waals surface area contributed by atoms with Crippen LogP contribution in [0.3, 0.4) is 0 Å². The first-order chi connectivity index (χ1) is 8.66. The summed E-state index contributed by atoms with van der Waals surface area (Å²) in [6.07, 6.45) is -0.512. The largest absolute Gasteiger partial charge is 0.387 e. The van der Waals surface area contributed by atoms with E-state index in [-0.39, 0.29) is 0 Å². The minimum absolute atomic E-state index is 0.501. The van der Waals surface area contributed by atoms with Gasteiger partial charge in [0.1, 0.15) is 0 Å². The number of benzene rings is 2. The van der Waals surface area contributed by atoms with Gasteiger partial charge < -0.3 is 10.4 Å². The van der Waals surface area contributed by atoms with Crippen molar-refractivity contribution >= 4 is 21.6 Å². The average Bonchev–Trinajstić information content (AvgIpc) is 2.37. The summed E-state index contributed by atoms with van der Waals surface area (Å²) in [6.45, 7) is 2.55. The van der Waals surface area contributed by atoms with Crippen molar-refractivity contribution in [3.05, 3.63) is 64.1 Å². The van der Waals surface area contributed by atoms with Crippen LogP contribution in [-0.2, 0) is 0 Å². The summed E-state index contributed by atoms with van der Waals surface area (Å²) in [6, 6.07) is 15.8. The highest BCUT2D eigenvalue weighted by atomic mass is 79.9. The molecule has 0 aromatic heterocycles. The van der Waals surface area contributed by atoms with Gasteiger partial charge in [0, 0.05) is 16.7 Å². The quantitative estimate of drug-likeness (QED) is 0.898. The molecule has 3 heteroatoms. The van der Waals surface area contributed by atoms with Gasteiger partial charge in [-0.15, -0.1) is 0 Å². The summed E-state index contributed by atoms with van der Waals surface area (Å²) >= 11 is 3.41. The Morgan fingerprint density at radius 3 is 2.67 bits per heavy atom. The number of hydrogen-bond acceptors (Lipinski definition) is 2. The number of aliphatic hydroxyl groups excluding tert-OH is 1. The predicted octanol–water partition coefficient (Wildman–Crippen LogP) is 3.90. The zero-order chi connectivity index (χ0) is 13.0. The van der Waals surface area contributed by atoms with Crippen molar-refractivity contribution in [1.29, 1.82) is 0 Å². The number of halogens is 1. The molecule has 2 aromatic rings. The second-order valence-electron chi connectivity index (χ2n) is 4.27. The molecular weight excluding hydrogens is 290 g/mol. The average molecular weight is 306 g/mol. The van der Waals surface area contributed by atoms with Crippen LogP contribution in [0, 0.1) is 6.92 Å². The fourth-order valence-corrected chi connectivity index (χ4v) is 2.23. The van der Waals surface area contributed by atoms with Gasteiger partial charge in [0.05, 0.1) is 6.10 Å². The summed E-state index contributed by atoms with van der Waals surface area (Å²) in [7, 11) is 0. The highest BCUT2D eigenvalue weighted by Crippen LogP contribution is 2.20. The third kappa shape index (κ3) is 3.34. The Balaban J connectivity index is 2.00. The van der Waals surface area contributed by atoms with Gasteiger partial charge in [-0.05, 0) is 36.2 Å². The molecule has 1 unspecified atom stereocenters. The van der Waals surface area contributed by atoms with Gasteiger partial charge in [-0.1, -0.05) is 46.3 Å². The van der Waals surface area contributed by atoms with Gasteiger partial charge in [-0.3, -0.25) is 0 Å². The molecule has 0 heterocycles. The van der Waals surface area contributed by atoms with Gasteiger partial charge in [-0.25, -0.2) is 0 Å². The molecule has 1 atom stereocenters. The molecule has 18 heavy (non-hydrogen) atoms. The fraction of sp³-hybridized carbons (Fsp3) is 0.200. The van der Waals surface area contributed by atoms with Crippen molar-refractivity contribution in [2.24, 2.45) is 0 Å². The van der Waals surface area contributed by atoms with Crippen molar-refractivity contribution in [2.75, 3.05) is 11.9 Å². The van der Waals surface area contributed by atoms with Crippen molar-refractivity contribution in [3.8, 4) is 0 Å². The van der Waals surface area contributed by atoms with Gasteiger partial charge >= 0.3 is 0 Å². The number of para-hydroxylation sites is 1. The first-order valence-corrected chi connectivity index (χ1v) is 6.69. The number of aliphatic hydroxyl groups is 1. The zero-order valence-electron chi connectivity index (χ0n) is 10.2. The Labute approximate surface area is 116 Å². The third-order valence-corrected chi connectivity index (χ3v) is 3.36. The van der Waals surface area contributed by atoms with E-state index in [9.17, 15) is 5.11 Å². The monoisotopic (exact) mass is 305 g/mol. The standard InChI is InChI=1S/C15H16BrNO/c1-11-5-2-3-8-14(11)17-10-15(18)12-6-4-7-13(16)9-12/h2-9,15,17-18H,10H2,1H3. The van der Waals surface area contributed by atoms with Crippen LogP contribution in [0.15, 0.2) is 53.0 Å². The maximum atomic E-state index is 10.1. The number of aryl methyl sites for hydroxylation is 1. The zero-order valence-corrected chi connectivity index (χ0v) is 11.8. The Bertz CT molecular complexity index is 527. The Kier molecular flexibility index (Phi) is 4.39. The summed E-state index contributed by atoms with van der Waals surface area (Å²) in [5, 5.41) is 13.4. The third-order valence-electron chi connectivity index (χ3n) is 2.86. The van der Waals surface area contributed by atoms with E-state index >= 15 is 0 Å². The molecular formula is C15H16BrNO. The number of nitrogens with one attached hydrogen (secondary N) is 1. The topological polar surface area (TPSA) is 32.3 Å². The predicted molar refractivity (Wildman–Crippen MR) is 78.8 cm³/mol. The Hall–Kier alpha value is -1.32. The molecule has 0 saturated heterocycles. The van der Waals surface area contributed by atoms with Crippen LogP contribution in [0.25, 0.3) is 0 Å². The van der Waals surface area contributed by atoms with E-state index in [1.54, 1.807) is 0 Å². The van der Waals surface area contributed by atoms with Crippen LogP contribution in [-0.4, -0.2) is 11.7 Å². The second-order valence-corrected chi connectivity index (χ2v) is 5.18. The van der Waals surface area contributed by atoms with Gasteiger partial charge in [0.15, 0.2) is 0 Å². The first-order valence-electron chi connectivity index (χ1n) is 5.90. The highest BCUT2D eigenvalue weighted by Gasteiger charge is 2.07. The molecule has 2 aromatic carbocycles. The molecule has 2 N–H and O–H groups in total. The van der Waals surface area contributed by atoms with E-state index in [2.05, 4.69) is 21.2 Å². The summed E-state index contributed by atoms with van der Waals surface area (Å²) in [4.78, 5) is 0. The first kappa shape index (κ1) is 13.1. The van der Waals surface area contributed by atoms with Gasteiger partial charge in [-0.2, -0.15) is 0 Å². The Morgan fingerprint density at radius 2 is 1.94 bits per heavy atom. The molecule has 0 fully saturated rings. The number of hydrogen-bond donors (Lipinski definition) is 2. The number of rotatable bonds is 4. The van der Waals surface area contributed by atoms with Crippen LogP contribution >= 0.6 is 15.9 Å². The summed E-state index contributed by atoms with van der Waals surface area (Å²) in [5.74, 6) is 0. The molecule has 0 radical (unpaired) electrons. The lowest BCUT2D eigenvalue weighted by Gasteiger charge is -2.14. The maximum absolute atomic E-state index is 10.1. The van der Waals surface area contributed by atoms with Crippen molar-refractivity contribution in [2.45, 2.75) is 13.0 Å². The lowest BCUT2D eigenvalue weighted by molar-refractivity contribution is 0.191. The molecule has 0 aliphatic carbocycles. The molecule has 0 saturated carbocycles. The molecule has 0 bridgehead atoms. The molecule has 0 amide bonds. The smallest absolute Gasteiger partial charge is 0.0962 e. The fourth-order valence-electron chi connectivity index (χ4n) is 1.81. The summed E-state index contributed by atoms with van der Waals surface area (Å²) in [5.41, 5.74) is 3.15. The molecule has 2 nitrogen and oxygen atoms in total. The van der Waals surface area contributed by atoms with Crippen molar-refractivity contribution in [3.63, 3.8) is 0 Å². The van der Waals surface area contributed by atoms with E-state index in [1.165, 1.54) is 5.56 Å². The normalized spacial score (nSPS) is 12.2. The van der Waals surface area contributed by atoms with Crippen LogP contribution in [0.2, 0.25) is 0 Å². The van der Waals surface area contributed by atoms with Crippen LogP contribution < -0.4 is 5.32 Å². The van der Waals surface area contributed by atoms with E-state index in [4.69, 9.17) is 0 Å². The van der Waals surface area contributed by atoms with Crippen molar-refractivity contribution < 1.29 is 5.11 Å². The SMILES string of the molecule is Cc1ccccc1NCC(O)c1cccc(Br)c1. The maximum Gasteiger partial charge on any atom is 0.0962 e. The van der Waals surface area contributed by atoms with Crippen LogP contribution in [0.5, 0.6) is 0 Å². The highest BCUT2D eigenvalue weighted by molar-refractivity contribution is 9.10. The van der Waals surface area contributed by atoms with E-state index in [1.807, 2.05) is 55.5 Å². The minimum Gasteiger partial charge on any atom is -0.387 e. The van der Waals surface area contributed by atoms with E-state index in [0.29, 0.717) is 6.54 Å². The van der Waals surface area contributed by atoms with Gasteiger partial charge in [0.2, 0.25) is 0 Å². The lowest BCUT2D eigenvalue weighted by Crippen LogP contribution is -2.12. The van der Waals surface area contributed by atoms with E-state index < -0.39 is 6.10 Å². The molecule has 0 aliphatic rings.